The van der Waals surface area contributed by atoms with Crippen LogP contribution in [0.2, 0.25) is 0 Å². The van der Waals surface area contributed by atoms with E-state index in [1.807, 2.05) is 0 Å². The lowest BCUT2D eigenvalue weighted by atomic mass is 10.2. The molecule has 0 aliphatic rings. The molecule has 0 aliphatic carbocycles. The number of nitrogens with zero attached hydrogens (tertiary/aromatic N) is 2. The Kier molecular flexibility index (Phi) is 2.94. The molecule has 13 heavy (non-hydrogen) atoms. The number of nitrogens with one attached hydrogen (secondary N) is 1. The second-order valence-electron chi connectivity index (χ2n) is 2.36. The summed E-state index contributed by atoms with van der Waals surface area (Å²) in [6, 6.07) is -1.09. The van der Waals surface area contributed by atoms with Crippen molar-refractivity contribution in [2.75, 3.05) is 0 Å². The van der Waals surface area contributed by atoms with Crippen molar-refractivity contribution in [3.8, 4) is 0 Å². The molecule has 1 aromatic rings. The third-order valence-corrected chi connectivity index (χ3v) is 1.46. The first kappa shape index (κ1) is 9.15. The molecular formula is C7H7N3O3. The first-order valence-corrected chi connectivity index (χ1v) is 3.51. The van der Waals surface area contributed by atoms with Gasteiger partial charge in [0.25, 0.3) is 0 Å². The number of aliphatic carboxylic acids is 1. The van der Waals surface area contributed by atoms with Gasteiger partial charge in [-0.25, -0.2) is 14.6 Å². The van der Waals surface area contributed by atoms with E-state index < -0.39 is 12.0 Å². The van der Waals surface area contributed by atoms with E-state index in [1.165, 1.54) is 18.6 Å². The molecule has 0 radical (unpaired) electrons. The molecule has 1 heterocycles. The van der Waals surface area contributed by atoms with E-state index in [9.17, 15) is 9.59 Å². The maximum absolute atomic E-state index is 10.5. The summed E-state index contributed by atoms with van der Waals surface area (Å²) < 4.78 is 0. The van der Waals surface area contributed by atoms with E-state index in [1.54, 1.807) is 0 Å². The van der Waals surface area contributed by atoms with Gasteiger partial charge in [0.1, 0.15) is 0 Å². The number of isocyanates is 1. The van der Waals surface area contributed by atoms with Gasteiger partial charge in [-0.2, -0.15) is 4.99 Å². The lowest BCUT2D eigenvalue weighted by Crippen LogP contribution is -2.20. The number of aromatic nitrogens is 2. The topological polar surface area (TPSA) is 95.4 Å². The SMILES string of the molecule is O=C=NC(Cc1cnc[nH]1)C(=O)O. The summed E-state index contributed by atoms with van der Waals surface area (Å²) in [5.74, 6) is -1.15. The molecule has 1 atom stereocenters. The van der Waals surface area contributed by atoms with Crippen LogP contribution < -0.4 is 0 Å². The highest BCUT2D eigenvalue weighted by Gasteiger charge is 2.17. The van der Waals surface area contributed by atoms with E-state index >= 15 is 0 Å². The lowest BCUT2D eigenvalue weighted by molar-refractivity contribution is -0.138. The van der Waals surface area contributed by atoms with Crippen LogP contribution >= 0.6 is 0 Å². The maximum Gasteiger partial charge on any atom is 0.329 e. The molecule has 0 saturated carbocycles. The number of carbonyl (C=O) groups is 1. The average Bonchev–Trinajstić information content (AvgIpc) is 2.56. The van der Waals surface area contributed by atoms with Crippen molar-refractivity contribution in [1.82, 2.24) is 9.97 Å². The van der Waals surface area contributed by atoms with Gasteiger partial charge >= 0.3 is 5.97 Å². The minimum atomic E-state index is -1.15. The summed E-state index contributed by atoms with van der Waals surface area (Å²) in [6.45, 7) is 0. The highest BCUT2D eigenvalue weighted by Crippen LogP contribution is 2.01. The summed E-state index contributed by atoms with van der Waals surface area (Å²) in [7, 11) is 0. The number of aliphatic imine (C=N–C) groups is 1. The van der Waals surface area contributed by atoms with Gasteiger partial charge in [-0.15, -0.1) is 0 Å². The summed E-state index contributed by atoms with van der Waals surface area (Å²) in [5.41, 5.74) is 0.617. The third-order valence-electron chi connectivity index (χ3n) is 1.46. The highest BCUT2D eigenvalue weighted by atomic mass is 16.4. The van der Waals surface area contributed by atoms with E-state index in [4.69, 9.17) is 5.11 Å². The van der Waals surface area contributed by atoms with Gasteiger partial charge in [0, 0.05) is 18.3 Å². The first-order valence-electron chi connectivity index (χ1n) is 3.51. The molecule has 68 valence electrons. The van der Waals surface area contributed by atoms with E-state index in [2.05, 4.69) is 15.0 Å². The fourth-order valence-electron chi connectivity index (χ4n) is 0.856. The largest absolute Gasteiger partial charge is 0.480 e. The molecule has 1 aromatic heterocycles. The maximum atomic E-state index is 10.5. The van der Waals surface area contributed by atoms with Gasteiger partial charge in [0.2, 0.25) is 6.08 Å². The Morgan fingerprint density at radius 1 is 1.85 bits per heavy atom. The molecule has 0 aromatic carbocycles. The molecule has 1 rings (SSSR count). The van der Waals surface area contributed by atoms with Gasteiger partial charge in [0.15, 0.2) is 6.04 Å². The predicted octanol–water partition coefficient (Wildman–Crippen LogP) is -0.259. The molecule has 6 nitrogen and oxygen atoms in total. The van der Waals surface area contributed by atoms with Gasteiger partial charge in [-0.05, 0) is 0 Å². The Labute approximate surface area is 73.3 Å². The van der Waals surface area contributed by atoms with Crippen molar-refractivity contribution in [2.45, 2.75) is 12.5 Å². The predicted molar refractivity (Wildman–Crippen MR) is 41.8 cm³/mol. The number of imidazole rings is 1. The van der Waals surface area contributed by atoms with Crippen LogP contribution in [0.4, 0.5) is 0 Å². The summed E-state index contributed by atoms with van der Waals surface area (Å²) in [4.78, 5) is 29.9. The van der Waals surface area contributed by atoms with Crippen LogP contribution in [0.25, 0.3) is 0 Å². The number of rotatable bonds is 4. The van der Waals surface area contributed by atoms with Crippen LogP contribution in [0, 0.1) is 0 Å². The van der Waals surface area contributed by atoms with Gasteiger partial charge in [-0.3, -0.25) is 0 Å². The van der Waals surface area contributed by atoms with Crippen LogP contribution in [-0.2, 0) is 16.0 Å². The number of aromatic amines is 1. The number of H-pyrrole nitrogens is 1. The van der Waals surface area contributed by atoms with Crippen molar-refractivity contribution < 1.29 is 14.7 Å². The van der Waals surface area contributed by atoms with Crippen molar-refractivity contribution in [3.63, 3.8) is 0 Å². The monoisotopic (exact) mass is 181 g/mol. The number of carboxylic acid groups (broad SMARTS) is 1. The lowest BCUT2D eigenvalue weighted by Gasteiger charge is -2.01. The minimum Gasteiger partial charge on any atom is -0.480 e. The molecule has 0 fully saturated rings. The van der Waals surface area contributed by atoms with E-state index in [0.29, 0.717) is 5.69 Å². The average molecular weight is 181 g/mol. The Morgan fingerprint density at radius 3 is 3.08 bits per heavy atom. The number of carboxylic acids is 1. The van der Waals surface area contributed by atoms with Crippen LogP contribution in [0.1, 0.15) is 5.69 Å². The molecule has 0 amide bonds. The third kappa shape index (κ3) is 2.53. The van der Waals surface area contributed by atoms with Crippen LogP contribution in [0.15, 0.2) is 17.5 Å². The zero-order chi connectivity index (χ0) is 9.68. The number of carbonyl (C=O) groups excluding carboxylic acids is 1. The number of hydrogen-bond acceptors (Lipinski definition) is 4. The van der Waals surface area contributed by atoms with Crippen molar-refractivity contribution in [2.24, 2.45) is 4.99 Å². The Morgan fingerprint density at radius 2 is 2.62 bits per heavy atom. The number of hydrogen-bond donors (Lipinski definition) is 2. The van der Waals surface area contributed by atoms with Gasteiger partial charge in [-0.1, -0.05) is 0 Å². The molecular weight excluding hydrogens is 174 g/mol. The summed E-state index contributed by atoms with van der Waals surface area (Å²) >= 11 is 0. The Balaban J connectivity index is 2.68. The molecule has 0 saturated heterocycles. The second kappa shape index (κ2) is 4.18. The quantitative estimate of drug-likeness (QED) is 0.494. The van der Waals surface area contributed by atoms with Crippen molar-refractivity contribution in [1.29, 1.82) is 0 Å². The van der Waals surface area contributed by atoms with Crippen LogP contribution in [-0.4, -0.2) is 33.2 Å². The van der Waals surface area contributed by atoms with Crippen LogP contribution in [0.5, 0.6) is 0 Å². The fourth-order valence-corrected chi connectivity index (χ4v) is 0.856. The summed E-state index contributed by atoms with van der Waals surface area (Å²) in [6.07, 6.45) is 4.25. The molecule has 0 aliphatic heterocycles. The van der Waals surface area contributed by atoms with Crippen molar-refractivity contribution in [3.05, 3.63) is 18.2 Å². The standard InChI is InChI=1S/C7H7N3O3/c11-4-10-6(7(12)13)1-5-2-8-3-9-5/h2-3,6H,1H2,(H,8,9)(H,12,13). The molecule has 0 bridgehead atoms. The summed E-state index contributed by atoms with van der Waals surface area (Å²) in [5, 5.41) is 8.60. The molecule has 1 unspecified atom stereocenters. The second-order valence-corrected chi connectivity index (χ2v) is 2.36. The molecule has 6 heteroatoms. The van der Waals surface area contributed by atoms with Gasteiger partial charge in [0.05, 0.1) is 6.33 Å². The normalized spacial score (nSPS) is 11.7. The highest BCUT2D eigenvalue weighted by molar-refractivity contribution is 5.75. The van der Waals surface area contributed by atoms with E-state index in [0.717, 1.165) is 0 Å². The van der Waals surface area contributed by atoms with Crippen molar-refractivity contribution >= 4 is 12.0 Å². The Hall–Kier alpha value is -1.94. The van der Waals surface area contributed by atoms with E-state index in [-0.39, 0.29) is 6.42 Å². The zero-order valence-electron chi connectivity index (χ0n) is 6.60. The van der Waals surface area contributed by atoms with Gasteiger partial charge < -0.3 is 10.1 Å². The van der Waals surface area contributed by atoms with Crippen LogP contribution in [0.3, 0.4) is 0 Å². The first-order chi connectivity index (χ1) is 6.24. The Bertz CT molecular complexity index is 325. The minimum absolute atomic E-state index is 0.116. The molecule has 0 spiro atoms. The fraction of sp³-hybridized carbons (Fsp3) is 0.286. The molecule has 2 N–H and O–H groups in total. The zero-order valence-corrected chi connectivity index (χ0v) is 6.60. The smallest absolute Gasteiger partial charge is 0.329 e.